The molecule has 6 aromatic rings. The molecule has 2 saturated carbocycles. The van der Waals surface area contributed by atoms with Gasteiger partial charge in [0.25, 0.3) is 0 Å². The molecule has 2 aliphatic carbocycles. The molecule has 2 spiro atoms. The van der Waals surface area contributed by atoms with Crippen LogP contribution >= 0.6 is 0 Å². The van der Waals surface area contributed by atoms with E-state index in [2.05, 4.69) is 53.1 Å². The van der Waals surface area contributed by atoms with Gasteiger partial charge in [-0.15, -0.1) is 0 Å². The first-order valence-corrected chi connectivity index (χ1v) is 26.8. The van der Waals surface area contributed by atoms with Crippen molar-refractivity contribution < 1.29 is 33.0 Å². The van der Waals surface area contributed by atoms with Crippen molar-refractivity contribution in [2.24, 2.45) is 16.7 Å². The lowest BCUT2D eigenvalue weighted by atomic mass is 9.57. The van der Waals surface area contributed by atoms with E-state index in [1.165, 1.54) is 37.8 Å². The number of imidazole rings is 1. The lowest BCUT2D eigenvalue weighted by molar-refractivity contribution is -0.151. The number of aromatic hydroxyl groups is 1. The van der Waals surface area contributed by atoms with Crippen LogP contribution < -0.4 is 19.9 Å². The van der Waals surface area contributed by atoms with E-state index in [9.17, 15) is 14.7 Å². The number of likely N-dealkylation sites (tertiary alicyclic amines) is 1. The van der Waals surface area contributed by atoms with Gasteiger partial charge in [0, 0.05) is 88.1 Å². The number of imide groups is 1. The molecule has 2 N–H and O–H groups in total. The summed E-state index contributed by atoms with van der Waals surface area (Å²) in [7, 11) is 0. The smallest absolute Gasteiger partial charge is 0.319 e. The first-order chi connectivity index (χ1) is 35.4. The number of hydrogen-bond donors (Lipinski definition) is 2. The molecule has 7 fully saturated rings. The van der Waals surface area contributed by atoms with Gasteiger partial charge in [0.2, 0.25) is 11.8 Å². The van der Waals surface area contributed by atoms with Gasteiger partial charge in [0.15, 0.2) is 5.82 Å². The molecule has 17 heteroatoms. The first kappa shape index (κ1) is 46.7. The Balaban J connectivity index is 0.637. The van der Waals surface area contributed by atoms with Crippen LogP contribution in [0.4, 0.5) is 20.3 Å². The van der Waals surface area contributed by atoms with E-state index in [4.69, 9.17) is 19.4 Å². The van der Waals surface area contributed by atoms with Crippen LogP contribution in [0.1, 0.15) is 89.2 Å². The van der Waals surface area contributed by atoms with E-state index in [-0.39, 0.29) is 51.6 Å². The zero-order valence-corrected chi connectivity index (χ0v) is 41.7. The van der Waals surface area contributed by atoms with Crippen LogP contribution in [0.25, 0.3) is 44.0 Å². The molecule has 5 aliphatic heterocycles. The van der Waals surface area contributed by atoms with Gasteiger partial charge < -0.3 is 33.8 Å². The fourth-order valence-corrected chi connectivity index (χ4v) is 13.6. The first-order valence-electron chi connectivity index (χ1n) is 26.8. The average molecular weight is 995 g/mol. The summed E-state index contributed by atoms with van der Waals surface area (Å²) >= 11 is 0. The number of ether oxygens (including phenoxy) is 2. The third-order valence-corrected chi connectivity index (χ3v) is 18.0. The number of fused-ring (bicyclic) bond motifs is 3. The molecule has 2 amide bonds. The van der Waals surface area contributed by atoms with Crippen molar-refractivity contribution in [3.8, 4) is 23.0 Å². The van der Waals surface area contributed by atoms with Crippen LogP contribution in [-0.4, -0.2) is 135 Å². The number of pyridine rings is 1. The van der Waals surface area contributed by atoms with Crippen LogP contribution in [0, 0.1) is 28.4 Å². The maximum Gasteiger partial charge on any atom is 0.319 e. The van der Waals surface area contributed by atoms with Gasteiger partial charge in [-0.1, -0.05) is 13.0 Å². The number of nitrogens with one attached hydrogen (secondary N) is 1. The maximum absolute atomic E-state index is 17.3. The number of phenolic OH excluding ortho intramolecular Hbond substituents is 1. The largest absolute Gasteiger partial charge is 0.508 e. The molecule has 1 unspecified atom stereocenters. The second-order valence-electron chi connectivity index (χ2n) is 22.7. The molecule has 0 bridgehead atoms. The minimum Gasteiger partial charge on any atom is -0.508 e. The van der Waals surface area contributed by atoms with Crippen molar-refractivity contribution in [3.05, 3.63) is 72.2 Å². The molecule has 7 aliphatic rings. The SMILES string of the molecule is CCc1c(F)ccc2cc(O)cc(-c3ncc4c(N5CCC[C@]6(CCO6)C5)nc(OCC5(CN6CCC7(CC6)CC(CN6CCN(c8ccc9c(c8)ncn9C8CCC(=O)NC8=O)CC6)C7)CC5)nc4c3F)c12. The minimum atomic E-state index is -0.661. The summed E-state index contributed by atoms with van der Waals surface area (Å²) < 4.78 is 47.1. The number of hydrogen-bond acceptors (Lipinski definition) is 13. The number of aryl methyl sites for hydroxylation is 1. The zero-order valence-electron chi connectivity index (χ0n) is 41.7. The summed E-state index contributed by atoms with van der Waals surface area (Å²) in [6, 6.07) is 12.1. The lowest BCUT2D eigenvalue weighted by Gasteiger charge is -2.54. The topological polar surface area (TPSA) is 154 Å². The van der Waals surface area contributed by atoms with Crippen LogP contribution in [0.2, 0.25) is 0 Å². The number of amides is 2. The van der Waals surface area contributed by atoms with Gasteiger partial charge >= 0.3 is 6.01 Å². The second-order valence-corrected chi connectivity index (χ2v) is 22.7. The number of aromatic nitrogens is 5. The van der Waals surface area contributed by atoms with Crippen molar-refractivity contribution in [1.82, 2.24) is 39.6 Å². The standard InChI is InChI=1S/C56H64F2N10O5/c1-2-39-42(57)6-4-36-24-38(69)26-40(47(36)39)49-48(58)50-41(29-59-49)51(67-16-3-10-56(32-67)15-23-73-56)63-53(62-50)72-33-55(11-12-55)31-65-17-13-54(14-18-65)27-35(28-54)30-64-19-21-66(22-20-64)37-5-7-44-43(25-37)60-34-68(44)45-8-9-46(70)61-52(45)71/h4-7,24-26,29,34-35,45,69H,2-3,8-23,27-28,30-33H2,1H3,(H,61,70,71)/t45?,56-/m0/s1. The monoisotopic (exact) mass is 995 g/mol. The molecule has 8 heterocycles. The van der Waals surface area contributed by atoms with Crippen LogP contribution in [-0.2, 0) is 20.7 Å². The van der Waals surface area contributed by atoms with Crippen LogP contribution in [0.3, 0.4) is 0 Å². The van der Waals surface area contributed by atoms with E-state index in [0.29, 0.717) is 70.9 Å². The molecular weight excluding hydrogens is 931 g/mol. The van der Waals surface area contributed by atoms with Crippen molar-refractivity contribution in [2.45, 2.75) is 95.6 Å². The fourth-order valence-electron chi connectivity index (χ4n) is 13.6. The number of halogens is 2. The van der Waals surface area contributed by atoms with Crippen molar-refractivity contribution >= 4 is 56.0 Å². The predicted molar refractivity (Wildman–Crippen MR) is 274 cm³/mol. The highest BCUT2D eigenvalue weighted by molar-refractivity contribution is 6.02. The highest BCUT2D eigenvalue weighted by Gasteiger charge is 2.50. The number of piperidine rings is 3. The highest BCUT2D eigenvalue weighted by atomic mass is 19.1. The molecule has 5 saturated heterocycles. The van der Waals surface area contributed by atoms with E-state index in [1.54, 1.807) is 24.7 Å². The Morgan fingerprint density at radius 2 is 1.71 bits per heavy atom. The van der Waals surface area contributed by atoms with Crippen LogP contribution in [0.15, 0.2) is 55.0 Å². The Morgan fingerprint density at radius 1 is 0.890 bits per heavy atom. The third-order valence-electron chi connectivity index (χ3n) is 18.0. The average Bonchev–Trinajstić information content (AvgIpc) is 4.02. The van der Waals surface area contributed by atoms with E-state index in [1.807, 2.05) is 11.5 Å². The molecular formula is C56H64F2N10O5. The normalized spacial score (nSPS) is 24.4. The Labute approximate surface area is 423 Å². The van der Waals surface area contributed by atoms with Crippen molar-refractivity contribution in [3.63, 3.8) is 0 Å². The lowest BCUT2D eigenvalue weighted by Crippen LogP contribution is -2.56. The number of carbonyl (C=O) groups is 2. The predicted octanol–water partition coefficient (Wildman–Crippen LogP) is 7.95. The van der Waals surface area contributed by atoms with Gasteiger partial charge in [-0.3, -0.25) is 24.8 Å². The Hall–Kier alpha value is -6.04. The summed E-state index contributed by atoms with van der Waals surface area (Å²) in [5.74, 6) is -0.265. The van der Waals surface area contributed by atoms with E-state index >= 15 is 8.78 Å². The summed E-state index contributed by atoms with van der Waals surface area (Å²) in [5, 5.41) is 14.8. The van der Waals surface area contributed by atoms with Gasteiger partial charge in [-0.25, -0.2) is 13.8 Å². The van der Waals surface area contributed by atoms with Gasteiger partial charge in [0.1, 0.15) is 34.6 Å². The third kappa shape index (κ3) is 8.62. The molecule has 73 heavy (non-hydrogen) atoms. The Kier molecular flexibility index (Phi) is 11.6. The summed E-state index contributed by atoms with van der Waals surface area (Å²) in [6.07, 6.45) is 14.6. The molecule has 382 valence electrons. The number of benzene rings is 3. The molecule has 3 aromatic heterocycles. The maximum atomic E-state index is 17.3. The summed E-state index contributed by atoms with van der Waals surface area (Å²) in [4.78, 5) is 53.2. The summed E-state index contributed by atoms with van der Waals surface area (Å²) in [6.45, 7) is 12.7. The zero-order chi connectivity index (χ0) is 49.6. The summed E-state index contributed by atoms with van der Waals surface area (Å²) in [5.41, 5.74) is 3.98. The number of rotatable bonds is 12. The number of carbonyl (C=O) groups excluding carboxylic acids is 2. The Bertz CT molecular complexity index is 3150. The molecule has 0 radical (unpaired) electrons. The van der Waals surface area contributed by atoms with Gasteiger partial charge in [-0.05, 0) is 141 Å². The fraction of sp³-hybridized carbons (Fsp3) is 0.536. The van der Waals surface area contributed by atoms with Gasteiger partial charge in [-0.2, -0.15) is 9.97 Å². The highest BCUT2D eigenvalue weighted by Crippen LogP contribution is 2.54. The molecule has 3 aromatic carbocycles. The number of anilines is 2. The van der Waals surface area contributed by atoms with Crippen molar-refractivity contribution in [1.29, 1.82) is 0 Å². The van der Waals surface area contributed by atoms with E-state index in [0.717, 1.165) is 120 Å². The molecule has 15 nitrogen and oxygen atoms in total. The number of piperazine rings is 1. The minimum absolute atomic E-state index is 0.00552. The quantitative estimate of drug-likeness (QED) is 0.114. The number of nitrogens with zero attached hydrogens (tertiary/aromatic N) is 9. The van der Waals surface area contributed by atoms with Crippen LogP contribution in [0.5, 0.6) is 11.8 Å². The van der Waals surface area contributed by atoms with Crippen molar-refractivity contribution in [2.75, 3.05) is 88.5 Å². The molecule has 2 atom stereocenters. The van der Waals surface area contributed by atoms with E-state index < -0.39 is 11.9 Å². The Morgan fingerprint density at radius 3 is 2.47 bits per heavy atom. The molecule has 13 rings (SSSR count). The number of phenols is 1. The second kappa shape index (κ2) is 18.1. The van der Waals surface area contributed by atoms with Gasteiger partial charge in [0.05, 0.1) is 41.6 Å².